The van der Waals surface area contributed by atoms with E-state index in [-0.39, 0.29) is 18.9 Å². The molecule has 1 fully saturated rings. The molecule has 1 unspecified atom stereocenters. The number of hydrogen-bond donors (Lipinski definition) is 2. The molecule has 1 atom stereocenters. The van der Waals surface area contributed by atoms with Crippen molar-refractivity contribution in [3.63, 3.8) is 0 Å². The second-order valence-corrected chi connectivity index (χ2v) is 4.16. The highest BCUT2D eigenvalue weighted by molar-refractivity contribution is 6.00. The van der Waals surface area contributed by atoms with E-state index in [9.17, 15) is 18.4 Å². The highest BCUT2D eigenvalue weighted by atomic mass is 19.1. The van der Waals surface area contributed by atoms with Crippen molar-refractivity contribution in [1.82, 2.24) is 10.6 Å². The van der Waals surface area contributed by atoms with Gasteiger partial charge in [0, 0.05) is 19.0 Å². The minimum absolute atomic E-state index is 0.168. The lowest BCUT2D eigenvalue weighted by atomic mass is 10.1. The average molecular weight is 254 g/mol. The van der Waals surface area contributed by atoms with Crippen molar-refractivity contribution in [2.45, 2.75) is 25.4 Å². The van der Waals surface area contributed by atoms with Crippen molar-refractivity contribution in [3.05, 3.63) is 35.4 Å². The molecule has 1 aromatic carbocycles. The maximum absolute atomic E-state index is 12.9. The van der Waals surface area contributed by atoms with E-state index in [0.717, 1.165) is 6.07 Å². The molecule has 2 rings (SSSR count). The summed E-state index contributed by atoms with van der Waals surface area (Å²) in [5, 5.41) is 5.06. The lowest BCUT2D eigenvalue weighted by molar-refractivity contribution is -0.134. The number of nitrogens with one attached hydrogen (secondary N) is 2. The van der Waals surface area contributed by atoms with Crippen molar-refractivity contribution < 1.29 is 18.4 Å². The lowest BCUT2D eigenvalue weighted by Crippen LogP contribution is -2.50. The summed E-state index contributed by atoms with van der Waals surface area (Å²) >= 11 is 0. The Bertz CT molecular complexity index is 471. The van der Waals surface area contributed by atoms with E-state index in [4.69, 9.17) is 0 Å². The maximum atomic E-state index is 12.9. The zero-order valence-electron chi connectivity index (χ0n) is 9.50. The number of benzene rings is 1. The summed E-state index contributed by atoms with van der Waals surface area (Å²) in [7, 11) is 0. The van der Waals surface area contributed by atoms with Gasteiger partial charge in [-0.3, -0.25) is 14.9 Å². The van der Waals surface area contributed by atoms with Crippen LogP contribution in [0, 0.1) is 11.6 Å². The van der Waals surface area contributed by atoms with Gasteiger partial charge in [0.05, 0.1) is 6.04 Å². The highest BCUT2D eigenvalue weighted by Crippen LogP contribution is 2.10. The molecule has 18 heavy (non-hydrogen) atoms. The van der Waals surface area contributed by atoms with E-state index in [1.807, 2.05) is 0 Å². The minimum atomic E-state index is -0.657. The van der Waals surface area contributed by atoms with Crippen LogP contribution in [0.5, 0.6) is 0 Å². The largest absolute Gasteiger partial charge is 0.302 e. The van der Waals surface area contributed by atoms with Crippen LogP contribution in [0.2, 0.25) is 0 Å². The summed E-state index contributed by atoms with van der Waals surface area (Å²) in [6.07, 6.45) is 0.656. The first kappa shape index (κ1) is 12.6. The van der Waals surface area contributed by atoms with E-state index in [1.54, 1.807) is 0 Å². The molecule has 0 aromatic heterocycles. The number of hydrogen-bond acceptors (Lipinski definition) is 3. The zero-order chi connectivity index (χ0) is 13.1. The van der Waals surface area contributed by atoms with Crippen LogP contribution < -0.4 is 10.6 Å². The molecule has 1 aliphatic heterocycles. The Morgan fingerprint density at radius 2 is 1.89 bits per heavy atom. The number of amides is 2. The molecule has 6 heteroatoms. The Morgan fingerprint density at radius 1 is 1.22 bits per heavy atom. The molecule has 2 N–H and O–H groups in total. The van der Waals surface area contributed by atoms with Crippen LogP contribution in [0.3, 0.4) is 0 Å². The summed E-state index contributed by atoms with van der Waals surface area (Å²) in [4.78, 5) is 22.3. The van der Waals surface area contributed by atoms with Crippen LogP contribution in [-0.4, -0.2) is 17.9 Å². The van der Waals surface area contributed by atoms with Crippen LogP contribution in [0.1, 0.15) is 18.4 Å². The van der Waals surface area contributed by atoms with E-state index in [1.165, 1.54) is 12.1 Å². The van der Waals surface area contributed by atoms with Gasteiger partial charge in [0.2, 0.25) is 11.8 Å². The number of carbonyl (C=O) groups excluding carboxylic acids is 2. The predicted octanol–water partition coefficient (Wildman–Crippen LogP) is 0.860. The Kier molecular flexibility index (Phi) is 3.66. The third kappa shape index (κ3) is 3.10. The van der Waals surface area contributed by atoms with Gasteiger partial charge in [0.1, 0.15) is 11.6 Å². The lowest BCUT2D eigenvalue weighted by Gasteiger charge is -2.21. The summed E-state index contributed by atoms with van der Waals surface area (Å²) in [5.41, 5.74) is 0.414. The first-order valence-corrected chi connectivity index (χ1v) is 5.56. The molecule has 0 aliphatic carbocycles. The van der Waals surface area contributed by atoms with Crippen LogP contribution in [0.15, 0.2) is 18.2 Å². The van der Waals surface area contributed by atoms with Crippen molar-refractivity contribution in [1.29, 1.82) is 0 Å². The fourth-order valence-corrected chi connectivity index (χ4v) is 1.84. The van der Waals surface area contributed by atoms with Gasteiger partial charge in [-0.05, 0) is 24.1 Å². The van der Waals surface area contributed by atoms with Gasteiger partial charge in [-0.2, -0.15) is 0 Å². The smallest absolute Gasteiger partial charge is 0.243 e. The molecule has 1 aliphatic rings. The first-order valence-electron chi connectivity index (χ1n) is 5.56. The van der Waals surface area contributed by atoms with Crippen molar-refractivity contribution in [3.8, 4) is 0 Å². The zero-order valence-corrected chi connectivity index (χ0v) is 9.50. The molecule has 1 aromatic rings. The first-order chi connectivity index (χ1) is 8.54. The third-order valence-corrected chi connectivity index (χ3v) is 2.71. The molecule has 0 spiro atoms. The van der Waals surface area contributed by atoms with Crippen molar-refractivity contribution in [2.24, 2.45) is 0 Å². The summed E-state index contributed by atoms with van der Waals surface area (Å²) < 4.78 is 25.9. The van der Waals surface area contributed by atoms with Gasteiger partial charge in [-0.1, -0.05) is 0 Å². The van der Waals surface area contributed by atoms with E-state index < -0.39 is 23.6 Å². The van der Waals surface area contributed by atoms with Crippen LogP contribution >= 0.6 is 0 Å². The number of piperidine rings is 1. The topological polar surface area (TPSA) is 58.2 Å². The fourth-order valence-electron chi connectivity index (χ4n) is 1.84. The summed E-state index contributed by atoms with van der Waals surface area (Å²) in [6, 6.07) is 2.67. The molecule has 0 bridgehead atoms. The van der Waals surface area contributed by atoms with E-state index in [0.29, 0.717) is 12.0 Å². The fraction of sp³-hybridized carbons (Fsp3) is 0.333. The molecule has 96 valence electrons. The summed E-state index contributed by atoms with van der Waals surface area (Å²) in [6.45, 7) is 0.168. The maximum Gasteiger partial charge on any atom is 0.243 e. The average Bonchev–Trinajstić information content (AvgIpc) is 2.26. The van der Waals surface area contributed by atoms with E-state index in [2.05, 4.69) is 10.6 Å². The van der Waals surface area contributed by atoms with Gasteiger partial charge in [0.15, 0.2) is 0 Å². The Hall–Kier alpha value is -1.82. The van der Waals surface area contributed by atoms with Crippen LogP contribution in [0.25, 0.3) is 0 Å². The van der Waals surface area contributed by atoms with Gasteiger partial charge >= 0.3 is 0 Å². The van der Waals surface area contributed by atoms with Gasteiger partial charge in [-0.15, -0.1) is 0 Å². The van der Waals surface area contributed by atoms with Crippen molar-refractivity contribution >= 4 is 11.8 Å². The number of carbonyl (C=O) groups is 2. The Morgan fingerprint density at radius 3 is 2.50 bits per heavy atom. The molecular formula is C12H12F2N2O2. The van der Waals surface area contributed by atoms with Gasteiger partial charge in [-0.25, -0.2) is 8.78 Å². The second-order valence-electron chi connectivity index (χ2n) is 4.16. The molecule has 2 amide bonds. The standard InChI is InChI=1S/C12H12F2N2O2/c13-8-3-7(4-9(14)5-8)6-15-10-1-2-11(17)16-12(10)18/h3-5,10,15H,1-2,6H2,(H,16,17,18). The van der Waals surface area contributed by atoms with E-state index >= 15 is 0 Å². The normalized spacial score (nSPS) is 19.8. The molecule has 0 radical (unpaired) electrons. The Labute approximate surface area is 102 Å². The minimum Gasteiger partial charge on any atom is -0.302 e. The number of halogens is 2. The molecule has 4 nitrogen and oxygen atoms in total. The number of imide groups is 1. The predicted molar refractivity (Wildman–Crippen MR) is 59.4 cm³/mol. The summed E-state index contributed by atoms with van der Waals surface area (Å²) in [5.74, 6) is -2.01. The molecule has 0 saturated carbocycles. The molecule has 1 saturated heterocycles. The SMILES string of the molecule is O=C1CCC(NCc2cc(F)cc(F)c2)C(=O)N1. The quantitative estimate of drug-likeness (QED) is 0.786. The van der Waals surface area contributed by atoms with Crippen LogP contribution in [0.4, 0.5) is 8.78 Å². The second kappa shape index (κ2) is 5.22. The third-order valence-electron chi connectivity index (χ3n) is 2.71. The van der Waals surface area contributed by atoms with Gasteiger partial charge < -0.3 is 5.32 Å². The van der Waals surface area contributed by atoms with Gasteiger partial charge in [0.25, 0.3) is 0 Å². The highest BCUT2D eigenvalue weighted by Gasteiger charge is 2.25. The monoisotopic (exact) mass is 254 g/mol. The number of rotatable bonds is 3. The Balaban J connectivity index is 1.95. The molecular weight excluding hydrogens is 242 g/mol. The van der Waals surface area contributed by atoms with Crippen molar-refractivity contribution in [2.75, 3.05) is 0 Å². The van der Waals surface area contributed by atoms with Crippen LogP contribution in [-0.2, 0) is 16.1 Å². The molecule has 1 heterocycles.